The molecule has 1 heterocycles. The van der Waals surface area contributed by atoms with Gasteiger partial charge in [0.1, 0.15) is 18.4 Å². The molecule has 14 nitrogen and oxygen atoms in total. The number of carbonyl (C=O) groups is 4. The van der Waals surface area contributed by atoms with E-state index >= 15 is 0 Å². The maximum atomic E-state index is 12.5. The number of nitrogens with zero attached hydrogens (tertiary/aromatic N) is 4. The zero-order chi connectivity index (χ0) is 30.2. The molecular formula is C27H42GdN4O10. The van der Waals surface area contributed by atoms with Gasteiger partial charge in [0, 0.05) is 98.9 Å². The number of benzene rings is 1. The predicted molar refractivity (Wildman–Crippen MR) is 147 cm³/mol. The number of rotatable bonds is 15. The summed E-state index contributed by atoms with van der Waals surface area (Å²) >= 11 is 0. The summed E-state index contributed by atoms with van der Waals surface area (Å²) in [7, 11) is 0. The smallest absolute Gasteiger partial charge is 0.321 e. The molecule has 0 bridgehead atoms. The average molecular weight is 740 g/mol. The Morgan fingerprint density at radius 1 is 0.714 bits per heavy atom. The Hall–Kier alpha value is -1.98. The Labute approximate surface area is 277 Å². The van der Waals surface area contributed by atoms with Crippen molar-refractivity contribution in [2.75, 3.05) is 91.8 Å². The van der Waals surface area contributed by atoms with Gasteiger partial charge in [-0.25, -0.2) is 0 Å². The Kier molecular flexibility index (Phi) is 18.9. The van der Waals surface area contributed by atoms with E-state index in [-0.39, 0.29) is 118 Å². The predicted octanol–water partition coefficient (Wildman–Crippen LogP) is -0.427. The number of ether oxygens (including phenoxy) is 2. The van der Waals surface area contributed by atoms with E-state index in [4.69, 9.17) is 9.47 Å². The summed E-state index contributed by atoms with van der Waals surface area (Å²) in [6, 6.07) is 6.19. The first-order chi connectivity index (χ1) is 19.6. The van der Waals surface area contributed by atoms with E-state index in [2.05, 4.69) is 0 Å². The van der Waals surface area contributed by atoms with Crippen molar-refractivity contribution in [3.63, 3.8) is 0 Å². The first kappa shape index (κ1) is 38.0. The molecule has 0 saturated carbocycles. The number of aliphatic carboxylic acids is 4. The van der Waals surface area contributed by atoms with Crippen LogP contribution in [-0.2, 0) is 30.3 Å². The fraction of sp³-hybridized carbons (Fsp3) is 0.630. The van der Waals surface area contributed by atoms with Crippen LogP contribution < -0.4 is 4.74 Å². The number of hydrogen-bond acceptors (Lipinski definition) is 10. The van der Waals surface area contributed by atoms with Gasteiger partial charge in [0.05, 0.1) is 26.2 Å². The van der Waals surface area contributed by atoms with Gasteiger partial charge < -0.3 is 29.9 Å². The first-order valence-electron chi connectivity index (χ1n) is 13.7. The van der Waals surface area contributed by atoms with Gasteiger partial charge in [0.15, 0.2) is 0 Å². The Bertz CT molecular complexity index is 952. The molecule has 15 heteroatoms. The van der Waals surface area contributed by atoms with Gasteiger partial charge in [-0.05, 0) is 31.0 Å². The van der Waals surface area contributed by atoms with E-state index in [9.17, 15) is 39.6 Å². The second-order valence-electron chi connectivity index (χ2n) is 9.79. The Morgan fingerprint density at radius 3 is 1.52 bits per heavy atom. The number of hydrogen-bond donors (Lipinski definition) is 4. The molecule has 1 aliphatic heterocycles. The van der Waals surface area contributed by atoms with Crippen LogP contribution in [0.5, 0.6) is 5.75 Å². The summed E-state index contributed by atoms with van der Waals surface area (Å²) in [5.41, 5.74) is 0.773. The second kappa shape index (κ2) is 20.8. The summed E-state index contributed by atoms with van der Waals surface area (Å²) in [5.74, 6) is -3.53. The van der Waals surface area contributed by atoms with E-state index in [0.29, 0.717) is 25.6 Å². The van der Waals surface area contributed by atoms with Crippen LogP contribution in [0.25, 0.3) is 0 Å². The van der Waals surface area contributed by atoms with Crippen molar-refractivity contribution in [2.24, 2.45) is 0 Å². The fourth-order valence-electron chi connectivity index (χ4n) is 4.59. The average Bonchev–Trinajstić information content (AvgIpc) is 2.90. The molecule has 0 amide bonds. The SMILES string of the molecule is CCOCCOc1ccc(CC(C(=O)O)N2CCN(CC(=O)O)CCN(CC(=O)O)CCN(CC(=O)O)CC2)cc1.[Gd]. The van der Waals surface area contributed by atoms with Crippen LogP contribution in [-0.4, -0.2) is 162 Å². The van der Waals surface area contributed by atoms with Crippen molar-refractivity contribution in [1.29, 1.82) is 0 Å². The molecular weight excluding hydrogens is 698 g/mol. The third kappa shape index (κ3) is 15.5. The van der Waals surface area contributed by atoms with E-state index in [1.165, 1.54) is 0 Å². The van der Waals surface area contributed by atoms with E-state index in [0.717, 1.165) is 5.56 Å². The molecule has 0 spiro atoms. The van der Waals surface area contributed by atoms with Crippen molar-refractivity contribution in [1.82, 2.24) is 19.6 Å². The fourth-order valence-corrected chi connectivity index (χ4v) is 4.59. The minimum Gasteiger partial charge on any atom is -0.491 e. The van der Waals surface area contributed by atoms with Gasteiger partial charge in [-0.15, -0.1) is 0 Å². The van der Waals surface area contributed by atoms with Crippen LogP contribution >= 0.6 is 0 Å². The van der Waals surface area contributed by atoms with Crippen LogP contribution in [0.4, 0.5) is 0 Å². The number of carboxylic acids is 4. The largest absolute Gasteiger partial charge is 0.491 e. The molecule has 2 rings (SSSR count). The summed E-state index contributed by atoms with van der Waals surface area (Å²) < 4.78 is 10.9. The molecule has 42 heavy (non-hydrogen) atoms. The Balaban J connectivity index is 0.00000882. The van der Waals surface area contributed by atoms with Gasteiger partial charge in [-0.3, -0.25) is 38.8 Å². The molecule has 1 saturated heterocycles. The van der Waals surface area contributed by atoms with Crippen molar-refractivity contribution < 1.29 is 89.0 Å². The standard InChI is InChI=1S/C27H42N4O10.Gd/c1-2-40-15-16-41-22-5-3-21(4-6-22)17-23(27(38)39)31-13-11-29(19-25(34)35)9-7-28(18-24(32)33)8-10-30(12-14-31)20-26(36)37;/h3-6,23H,2,7-20H2,1H3,(H,32,33)(H,34,35)(H,36,37)(H,38,39);. The van der Waals surface area contributed by atoms with Gasteiger partial charge in [0.25, 0.3) is 0 Å². The monoisotopic (exact) mass is 740 g/mol. The third-order valence-electron chi connectivity index (χ3n) is 6.73. The molecule has 238 valence electrons. The molecule has 1 aromatic rings. The zero-order valence-corrected chi connectivity index (χ0v) is 26.1. The van der Waals surface area contributed by atoms with Crippen molar-refractivity contribution in [3.8, 4) is 5.75 Å². The van der Waals surface area contributed by atoms with Gasteiger partial charge in [-0.1, -0.05) is 12.1 Å². The summed E-state index contributed by atoms with van der Waals surface area (Å²) in [6.45, 7) is 4.52. The van der Waals surface area contributed by atoms with Gasteiger partial charge >= 0.3 is 23.9 Å². The van der Waals surface area contributed by atoms with Crippen molar-refractivity contribution in [3.05, 3.63) is 29.8 Å². The van der Waals surface area contributed by atoms with E-state index in [1.54, 1.807) is 43.9 Å². The van der Waals surface area contributed by atoms with Crippen LogP contribution in [0.3, 0.4) is 0 Å². The summed E-state index contributed by atoms with van der Waals surface area (Å²) in [6.07, 6.45) is 0.179. The molecule has 1 atom stereocenters. The van der Waals surface area contributed by atoms with Crippen LogP contribution in [0, 0.1) is 39.9 Å². The van der Waals surface area contributed by atoms with Gasteiger partial charge in [-0.2, -0.15) is 0 Å². The molecule has 1 aliphatic rings. The minimum absolute atomic E-state index is 0. The molecule has 1 unspecified atom stereocenters. The van der Waals surface area contributed by atoms with Crippen LogP contribution in [0.1, 0.15) is 12.5 Å². The second-order valence-corrected chi connectivity index (χ2v) is 9.79. The topological polar surface area (TPSA) is 181 Å². The van der Waals surface area contributed by atoms with Crippen LogP contribution in [0.2, 0.25) is 0 Å². The Morgan fingerprint density at radius 2 is 1.14 bits per heavy atom. The first-order valence-corrected chi connectivity index (χ1v) is 13.7. The third-order valence-corrected chi connectivity index (χ3v) is 6.73. The molecule has 4 N–H and O–H groups in total. The normalized spacial score (nSPS) is 17.3. The van der Waals surface area contributed by atoms with Crippen LogP contribution in [0.15, 0.2) is 24.3 Å². The van der Waals surface area contributed by atoms with E-state index in [1.807, 2.05) is 6.92 Å². The summed E-state index contributed by atoms with van der Waals surface area (Å²) in [4.78, 5) is 53.5. The maximum absolute atomic E-state index is 12.5. The molecule has 0 radical (unpaired) electrons. The molecule has 1 aromatic carbocycles. The maximum Gasteiger partial charge on any atom is 0.321 e. The quantitative estimate of drug-likeness (QED) is 0.170. The zero-order valence-electron chi connectivity index (χ0n) is 23.9. The van der Waals surface area contributed by atoms with Crippen molar-refractivity contribution in [2.45, 2.75) is 19.4 Å². The molecule has 0 aliphatic carbocycles. The summed E-state index contributed by atoms with van der Waals surface area (Å²) in [5, 5.41) is 38.3. The van der Waals surface area contributed by atoms with E-state index < -0.39 is 29.9 Å². The molecule has 0 aromatic heterocycles. The van der Waals surface area contributed by atoms with Gasteiger partial charge in [0.2, 0.25) is 0 Å². The minimum atomic E-state index is -1.05. The van der Waals surface area contributed by atoms with Crippen molar-refractivity contribution >= 4 is 23.9 Å². The molecule has 1 fully saturated rings. The number of carboxylic acid groups (broad SMARTS) is 4.